The van der Waals surface area contributed by atoms with Crippen molar-refractivity contribution in [2.45, 2.75) is 17.3 Å². The summed E-state index contributed by atoms with van der Waals surface area (Å²) in [6, 6.07) is 13.8. The lowest BCUT2D eigenvalue weighted by atomic mass is 10.2. The number of hydrogen-bond acceptors (Lipinski definition) is 2. The number of benzene rings is 2. The van der Waals surface area contributed by atoms with E-state index >= 15 is 0 Å². The number of rotatable bonds is 5. The maximum atomic E-state index is 12.5. The molecule has 0 fully saturated rings. The van der Waals surface area contributed by atoms with Crippen molar-refractivity contribution in [2.24, 2.45) is 0 Å². The van der Waals surface area contributed by atoms with Crippen molar-refractivity contribution in [3.8, 4) is 0 Å². The first-order valence-electron chi connectivity index (χ1n) is 6.29. The van der Waals surface area contributed by atoms with E-state index in [4.69, 9.17) is 23.2 Å². The molecule has 2 aromatic carbocycles. The van der Waals surface area contributed by atoms with Crippen LogP contribution >= 0.6 is 23.2 Å². The molecular weight excluding hydrogens is 329 g/mol. The van der Waals surface area contributed by atoms with Crippen molar-refractivity contribution < 1.29 is 8.42 Å². The summed E-state index contributed by atoms with van der Waals surface area (Å²) >= 11 is 11.6. The third-order valence-electron chi connectivity index (χ3n) is 3.08. The van der Waals surface area contributed by atoms with Crippen molar-refractivity contribution in [1.29, 1.82) is 0 Å². The highest BCUT2D eigenvalue weighted by Crippen LogP contribution is 2.19. The van der Waals surface area contributed by atoms with E-state index < -0.39 is 10.0 Å². The summed E-state index contributed by atoms with van der Waals surface area (Å²) in [5.41, 5.74) is 1.65. The fraction of sp³-hybridized carbons (Fsp3) is 0.200. The van der Waals surface area contributed by atoms with Crippen LogP contribution in [-0.2, 0) is 22.4 Å². The second-order valence-corrected chi connectivity index (χ2v) is 7.42. The monoisotopic (exact) mass is 343 g/mol. The summed E-state index contributed by atoms with van der Waals surface area (Å²) in [7, 11) is -1.99. The lowest BCUT2D eigenvalue weighted by Crippen LogP contribution is -2.26. The third kappa shape index (κ3) is 3.98. The molecule has 0 spiro atoms. The molecule has 112 valence electrons. The first kappa shape index (κ1) is 16.3. The van der Waals surface area contributed by atoms with Crippen LogP contribution in [0.4, 0.5) is 0 Å². The van der Waals surface area contributed by atoms with E-state index in [1.54, 1.807) is 43.4 Å². The second-order valence-electron chi connectivity index (χ2n) is 4.67. The molecule has 0 aliphatic heterocycles. The number of nitrogens with zero attached hydrogens (tertiary/aromatic N) is 1. The van der Waals surface area contributed by atoms with Crippen LogP contribution in [0.3, 0.4) is 0 Å². The molecule has 2 rings (SSSR count). The van der Waals surface area contributed by atoms with E-state index in [2.05, 4.69) is 0 Å². The van der Waals surface area contributed by atoms with Gasteiger partial charge in [0.05, 0.1) is 4.90 Å². The number of sulfonamides is 1. The molecule has 0 unspecified atom stereocenters. The highest BCUT2D eigenvalue weighted by atomic mass is 35.5. The first-order valence-corrected chi connectivity index (χ1v) is 8.64. The predicted molar refractivity (Wildman–Crippen MR) is 86.1 cm³/mol. The van der Waals surface area contributed by atoms with E-state index in [1.165, 1.54) is 4.31 Å². The second kappa shape index (κ2) is 6.79. The van der Waals surface area contributed by atoms with Gasteiger partial charge in [-0.15, -0.1) is 11.6 Å². The Morgan fingerprint density at radius 1 is 1.05 bits per heavy atom. The maximum absolute atomic E-state index is 12.5. The SMILES string of the molecule is CN(Cc1ccc(Cl)cc1)S(=O)(=O)c1cccc(CCl)c1. The third-order valence-corrected chi connectivity index (χ3v) is 5.44. The molecule has 0 aliphatic rings. The van der Waals surface area contributed by atoms with Gasteiger partial charge in [-0.3, -0.25) is 0 Å². The van der Waals surface area contributed by atoms with Gasteiger partial charge in [0, 0.05) is 24.5 Å². The van der Waals surface area contributed by atoms with Gasteiger partial charge in [-0.05, 0) is 35.4 Å². The van der Waals surface area contributed by atoms with E-state index in [1.807, 2.05) is 12.1 Å². The van der Waals surface area contributed by atoms with Crippen LogP contribution < -0.4 is 0 Å². The molecule has 0 amide bonds. The van der Waals surface area contributed by atoms with Gasteiger partial charge in [-0.1, -0.05) is 35.9 Å². The summed E-state index contributed by atoms with van der Waals surface area (Å²) in [4.78, 5) is 0.247. The molecule has 0 N–H and O–H groups in total. The van der Waals surface area contributed by atoms with Gasteiger partial charge in [-0.25, -0.2) is 8.42 Å². The molecule has 0 aliphatic carbocycles. The van der Waals surface area contributed by atoms with E-state index in [0.29, 0.717) is 5.02 Å². The number of halogens is 2. The zero-order valence-electron chi connectivity index (χ0n) is 11.5. The van der Waals surface area contributed by atoms with Crippen molar-refractivity contribution in [3.63, 3.8) is 0 Å². The van der Waals surface area contributed by atoms with Gasteiger partial charge in [0.15, 0.2) is 0 Å². The average molecular weight is 344 g/mol. The topological polar surface area (TPSA) is 37.4 Å². The normalized spacial score (nSPS) is 11.8. The zero-order chi connectivity index (χ0) is 15.5. The summed E-state index contributed by atoms with van der Waals surface area (Å²) in [6.45, 7) is 0.282. The fourth-order valence-corrected chi connectivity index (χ4v) is 3.42. The van der Waals surface area contributed by atoms with Gasteiger partial charge in [0.2, 0.25) is 10.0 Å². The minimum absolute atomic E-state index is 0.247. The van der Waals surface area contributed by atoms with Gasteiger partial charge >= 0.3 is 0 Å². The lowest BCUT2D eigenvalue weighted by Gasteiger charge is -2.17. The summed E-state index contributed by atoms with van der Waals surface area (Å²) in [5, 5.41) is 0.624. The molecule has 2 aromatic rings. The molecule has 21 heavy (non-hydrogen) atoms. The van der Waals surface area contributed by atoms with Crippen LogP contribution in [0.15, 0.2) is 53.4 Å². The Labute approximate surface area is 135 Å². The molecule has 0 radical (unpaired) electrons. The van der Waals surface area contributed by atoms with E-state index in [0.717, 1.165) is 11.1 Å². The summed E-state index contributed by atoms with van der Waals surface area (Å²) in [6.07, 6.45) is 0. The molecule has 0 aromatic heterocycles. The van der Waals surface area contributed by atoms with Crippen molar-refractivity contribution in [2.75, 3.05) is 7.05 Å². The highest BCUT2D eigenvalue weighted by Gasteiger charge is 2.21. The smallest absolute Gasteiger partial charge is 0.207 e. The van der Waals surface area contributed by atoms with Crippen LogP contribution in [0.5, 0.6) is 0 Å². The Bertz CT molecular complexity index is 715. The standard InChI is InChI=1S/C15H15Cl2NO2S/c1-18(11-12-5-7-14(17)8-6-12)21(19,20)15-4-2-3-13(9-15)10-16/h2-9H,10-11H2,1H3. The maximum Gasteiger partial charge on any atom is 0.243 e. The zero-order valence-corrected chi connectivity index (χ0v) is 13.8. The van der Waals surface area contributed by atoms with Crippen molar-refractivity contribution in [3.05, 3.63) is 64.7 Å². The average Bonchev–Trinajstić information content (AvgIpc) is 2.49. The molecule has 0 saturated carbocycles. The minimum Gasteiger partial charge on any atom is -0.207 e. The van der Waals surface area contributed by atoms with Crippen LogP contribution in [0.2, 0.25) is 5.02 Å². The molecule has 6 heteroatoms. The predicted octanol–water partition coefficient (Wildman–Crippen LogP) is 3.90. The van der Waals surface area contributed by atoms with E-state index in [-0.39, 0.29) is 17.3 Å². The molecular formula is C15H15Cl2NO2S. The van der Waals surface area contributed by atoms with Crippen LogP contribution in [-0.4, -0.2) is 19.8 Å². The minimum atomic E-state index is -3.54. The molecule has 0 saturated heterocycles. The number of alkyl halides is 1. The largest absolute Gasteiger partial charge is 0.243 e. The van der Waals surface area contributed by atoms with Gasteiger partial charge < -0.3 is 0 Å². The Kier molecular flexibility index (Phi) is 5.27. The summed E-state index contributed by atoms with van der Waals surface area (Å²) < 4.78 is 26.4. The summed E-state index contributed by atoms with van der Waals surface area (Å²) in [5.74, 6) is 0.282. The molecule has 0 heterocycles. The number of hydrogen-bond donors (Lipinski definition) is 0. The van der Waals surface area contributed by atoms with Crippen molar-refractivity contribution in [1.82, 2.24) is 4.31 Å². The Morgan fingerprint density at radius 2 is 1.71 bits per heavy atom. The quantitative estimate of drug-likeness (QED) is 0.772. The fourth-order valence-electron chi connectivity index (χ4n) is 1.90. The Balaban J connectivity index is 2.23. The molecule has 0 bridgehead atoms. The van der Waals surface area contributed by atoms with Crippen LogP contribution in [0, 0.1) is 0 Å². The highest BCUT2D eigenvalue weighted by molar-refractivity contribution is 7.89. The molecule has 0 atom stereocenters. The van der Waals surface area contributed by atoms with Gasteiger partial charge in [0.25, 0.3) is 0 Å². The lowest BCUT2D eigenvalue weighted by molar-refractivity contribution is 0.466. The van der Waals surface area contributed by atoms with Gasteiger partial charge in [0.1, 0.15) is 0 Å². The Hall–Kier alpha value is -1.07. The first-order chi connectivity index (χ1) is 9.93. The van der Waals surface area contributed by atoms with Gasteiger partial charge in [-0.2, -0.15) is 4.31 Å². The molecule has 3 nitrogen and oxygen atoms in total. The van der Waals surface area contributed by atoms with Crippen LogP contribution in [0.25, 0.3) is 0 Å². The van der Waals surface area contributed by atoms with Crippen LogP contribution in [0.1, 0.15) is 11.1 Å². The van der Waals surface area contributed by atoms with E-state index in [9.17, 15) is 8.42 Å². The Morgan fingerprint density at radius 3 is 2.33 bits per heavy atom. The van der Waals surface area contributed by atoms with Crippen molar-refractivity contribution >= 4 is 33.2 Å².